The molecule has 0 aromatic heterocycles. The van der Waals surface area contributed by atoms with E-state index in [-0.39, 0.29) is 0 Å². The van der Waals surface area contributed by atoms with E-state index in [1.807, 2.05) is 6.92 Å². The third kappa shape index (κ3) is 6.09. The maximum Gasteiger partial charge on any atom is 0.0697 e. The van der Waals surface area contributed by atoms with Crippen molar-refractivity contribution in [2.75, 3.05) is 19.1 Å². The molecule has 0 spiro atoms. The van der Waals surface area contributed by atoms with Gasteiger partial charge in [-0.05, 0) is 13.3 Å². The minimum atomic E-state index is -0.404. The maximum atomic E-state index is 8.87. The van der Waals surface area contributed by atoms with Crippen molar-refractivity contribution in [3.8, 4) is 0 Å². The molecule has 1 unspecified atom stereocenters. The van der Waals surface area contributed by atoms with Crippen LogP contribution in [0.3, 0.4) is 0 Å². The molecule has 0 radical (unpaired) electrons. The fraction of sp³-hybridized carbons (Fsp3) is 1.00. The van der Waals surface area contributed by atoms with Crippen molar-refractivity contribution in [3.05, 3.63) is 0 Å². The topological polar surface area (TPSA) is 29.5 Å². The summed E-state index contributed by atoms with van der Waals surface area (Å²) in [5.41, 5.74) is 0. The maximum absolute atomic E-state index is 8.87. The van der Waals surface area contributed by atoms with Crippen molar-refractivity contribution < 1.29 is 9.84 Å². The molecule has 0 bridgehead atoms. The van der Waals surface area contributed by atoms with Gasteiger partial charge < -0.3 is 9.84 Å². The van der Waals surface area contributed by atoms with Gasteiger partial charge in [-0.15, -0.1) is 11.6 Å². The number of ether oxygens (including phenoxy) is 1. The van der Waals surface area contributed by atoms with Crippen LogP contribution in [0.2, 0.25) is 0 Å². The summed E-state index contributed by atoms with van der Waals surface area (Å²) in [5, 5.41) is 8.87. The van der Waals surface area contributed by atoms with Crippen LogP contribution in [0.1, 0.15) is 13.3 Å². The Morgan fingerprint density at radius 1 is 1.67 bits per heavy atom. The Kier molecular flexibility index (Phi) is 6.48. The summed E-state index contributed by atoms with van der Waals surface area (Å²) >= 11 is 5.33. The lowest BCUT2D eigenvalue weighted by atomic mass is 10.3. The van der Waals surface area contributed by atoms with Crippen LogP contribution in [0.25, 0.3) is 0 Å². The first-order valence-corrected chi connectivity index (χ1v) is 3.66. The average Bonchev–Trinajstić information content (AvgIpc) is 1.89. The predicted octanol–water partition coefficient (Wildman–Crippen LogP) is 1.01. The molecular formula is C6H13ClO2. The lowest BCUT2D eigenvalue weighted by molar-refractivity contribution is 0.0981. The van der Waals surface area contributed by atoms with E-state index in [0.29, 0.717) is 25.5 Å². The molecule has 56 valence electrons. The molecule has 0 aromatic carbocycles. The highest BCUT2D eigenvalue weighted by Crippen LogP contribution is 1.94. The van der Waals surface area contributed by atoms with Gasteiger partial charge in [0.1, 0.15) is 0 Å². The van der Waals surface area contributed by atoms with E-state index >= 15 is 0 Å². The van der Waals surface area contributed by atoms with Crippen molar-refractivity contribution in [1.29, 1.82) is 0 Å². The van der Waals surface area contributed by atoms with Gasteiger partial charge in [-0.2, -0.15) is 0 Å². The number of hydrogen-bond acceptors (Lipinski definition) is 2. The Bertz CT molecular complexity index is 59.0. The molecule has 2 nitrogen and oxygen atoms in total. The first kappa shape index (κ1) is 9.21. The molecule has 9 heavy (non-hydrogen) atoms. The molecule has 0 fully saturated rings. The van der Waals surface area contributed by atoms with E-state index in [1.165, 1.54) is 0 Å². The van der Waals surface area contributed by atoms with Crippen LogP contribution < -0.4 is 0 Å². The van der Waals surface area contributed by atoms with Crippen LogP contribution >= 0.6 is 11.6 Å². The highest BCUT2D eigenvalue weighted by molar-refractivity contribution is 6.18. The zero-order chi connectivity index (χ0) is 7.11. The molecule has 0 saturated carbocycles. The van der Waals surface area contributed by atoms with Gasteiger partial charge in [0.05, 0.1) is 6.10 Å². The normalized spacial score (nSPS) is 13.7. The SMILES string of the molecule is CCOCCC(O)CCl. The first-order chi connectivity index (χ1) is 4.31. The lowest BCUT2D eigenvalue weighted by Gasteiger charge is -2.04. The summed E-state index contributed by atoms with van der Waals surface area (Å²) in [5.74, 6) is 0.299. The molecule has 1 N–H and O–H groups in total. The molecule has 0 amide bonds. The molecule has 0 aromatic rings. The first-order valence-electron chi connectivity index (χ1n) is 3.13. The Morgan fingerprint density at radius 2 is 2.33 bits per heavy atom. The van der Waals surface area contributed by atoms with Gasteiger partial charge >= 0.3 is 0 Å². The fourth-order valence-electron chi connectivity index (χ4n) is 0.441. The second kappa shape index (κ2) is 6.33. The number of rotatable bonds is 5. The predicted molar refractivity (Wildman–Crippen MR) is 37.8 cm³/mol. The third-order valence-electron chi connectivity index (χ3n) is 0.978. The van der Waals surface area contributed by atoms with Crippen molar-refractivity contribution in [2.45, 2.75) is 19.4 Å². The molecule has 0 heterocycles. The summed E-state index contributed by atoms with van der Waals surface area (Å²) in [6.45, 7) is 3.23. The number of aliphatic hydroxyl groups excluding tert-OH is 1. The quantitative estimate of drug-likeness (QED) is 0.471. The number of alkyl halides is 1. The standard InChI is InChI=1S/C6H13ClO2/c1-2-9-4-3-6(8)5-7/h6,8H,2-5H2,1H3. The number of aliphatic hydroxyl groups is 1. The molecular weight excluding hydrogens is 140 g/mol. The molecule has 1 atom stereocenters. The van der Waals surface area contributed by atoms with Gasteiger partial charge in [0.2, 0.25) is 0 Å². The second-order valence-corrected chi connectivity index (χ2v) is 2.10. The Morgan fingerprint density at radius 3 is 2.78 bits per heavy atom. The molecule has 0 rings (SSSR count). The molecule has 0 aliphatic heterocycles. The van der Waals surface area contributed by atoms with Crippen LogP contribution in [-0.4, -0.2) is 30.3 Å². The van der Waals surface area contributed by atoms with Gasteiger partial charge in [0, 0.05) is 19.1 Å². The van der Waals surface area contributed by atoms with Crippen LogP contribution in [0, 0.1) is 0 Å². The van der Waals surface area contributed by atoms with E-state index in [9.17, 15) is 0 Å². The largest absolute Gasteiger partial charge is 0.392 e. The molecule has 0 aliphatic rings. The summed E-state index contributed by atoms with van der Waals surface area (Å²) in [6.07, 6.45) is 0.232. The van der Waals surface area contributed by atoms with Crippen molar-refractivity contribution >= 4 is 11.6 Å². The van der Waals surface area contributed by atoms with Gasteiger partial charge in [-0.25, -0.2) is 0 Å². The van der Waals surface area contributed by atoms with E-state index in [1.54, 1.807) is 0 Å². The zero-order valence-corrected chi connectivity index (χ0v) is 6.40. The van der Waals surface area contributed by atoms with Gasteiger partial charge in [-0.3, -0.25) is 0 Å². The van der Waals surface area contributed by atoms with Crippen LogP contribution in [0.4, 0.5) is 0 Å². The highest BCUT2D eigenvalue weighted by Gasteiger charge is 1.99. The van der Waals surface area contributed by atoms with Crippen molar-refractivity contribution in [1.82, 2.24) is 0 Å². The summed E-state index contributed by atoms with van der Waals surface area (Å²) in [4.78, 5) is 0. The van der Waals surface area contributed by atoms with Crippen molar-refractivity contribution in [3.63, 3.8) is 0 Å². The molecule has 3 heteroatoms. The Hall–Kier alpha value is 0.210. The zero-order valence-electron chi connectivity index (χ0n) is 5.64. The van der Waals surface area contributed by atoms with Crippen molar-refractivity contribution in [2.24, 2.45) is 0 Å². The van der Waals surface area contributed by atoms with Crippen LogP contribution in [0.15, 0.2) is 0 Å². The smallest absolute Gasteiger partial charge is 0.0697 e. The lowest BCUT2D eigenvalue weighted by Crippen LogP contribution is -2.11. The van der Waals surface area contributed by atoms with E-state index in [4.69, 9.17) is 21.4 Å². The van der Waals surface area contributed by atoms with Crippen LogP contribution in [-0.2, 0) is 4.74 Å². The molecule has 0 saturated heterocycles. The summed E-state index contributed by atoms with van der Waals surface area (Å²) in [7, 11) is 0. The highest BCUT2D eigenvalue weighted by atomic mass is 35.5. The summed E-state index contributed by atoms with van der Waals surface area (Å²) < 4.78 is 4.99. The van der Waals surface area contributed by atoms with Crippen LogP contribution in [0.5, 0.6) is 0 Å². The van der Waals surface area contributed by atoms with Gasteiger partial charge in [0.15, 0.2) is 0 Å². The monoisotopic (exact) mass is 152 g/mol. The fourth-order valence-corrected chi connectivity index (χ4v) is 0.595. The third-order valence-corrected chi connectivity index (χ3v) is 1.33. The Labute approximate surface area is 60.8 Å². The average molecular weight is 153 g/mol. The minimum Gasteiger partial charge on any atom is -0.392 e. The minimum absolute atomic E-state index is 0.299. The Balaban J connectivity index is 2.88. The van der Waals surface area contributed by atoms with E-state index in [0.717, 1.165) is 0 Å². The van der Waals surface area contributed by atoms with E-state index in [2.05, 4.69) is 0 Å². The summed E-state index contributed by atoms with van der Waals surface area (Å²) in [6, 6.07) is 0. The second-order valence-electron chi connectivity index (χ2n) is 1.79. The van der Waals surface area contributed by atoms with Gasteiger partial charge in [0.25, 0.3) is 0 Å². The molecule has 0 aliphatic carbocycles. The van der Waals surface area contributed by atoms with Gasteiger partial charge in [-0.1, -0.05) is 0 Å². The number of halogens is 1. The number of hydrogen-bond donors (Lipinski definition) is 1. The van der Waals surface area contributed by atoms with E-state index < -0.39 is 6.10 Å².